The Kier molecular flexibility index (Phi) is 6.25. The van der Waals surface area contributed by atoms with Crippen molar-refractivity contribution in [3.05, 3.63) is 0 Å². The van der Waals surface area contributed by atoms with Crippen molar-refractivity contribution in [2.45, 2.75) is 58.9 Å². The number of halogens is 2. The zero-order valence-electron chi connectivity index (χ0n) is 9.74. The standard InChI is InChI=1S/C9H17F2N.C2H6/c1-7(2)8-9(10,11)5-3-4-6-12-8;1-2/h7-8,12H,3-6H2,1-2H3;1-2H3. The number of nitrogens with one attached hydrogen (secondary N) is 1. The molecule has 1 N–H and O–H groups in total. The van der Waals surface area contributed by atoms with Crippen LogP contribution in [0.2, 0.25) is 0 Å². The summed E-state index contributed by atoms with van der Waals surface area (Å²) >= 11 is 0. The lowest BCUT2D eigenvalue weighted by molar-refractivity contribution is -0.0529. The Bertz CT molecular complexity index is 146. The number of rotatable bonds is 1. The maximum absolute atomic E-state index is 13.3. The monoisotopic (exact) mass is 207 g/mol. The van der Waals surface area contributed by atoms with E-state index >= 15 is 0 Å². The maximum Gasteiger partial charge on any atom is 0.263 e. The number of hydrogen-bond donors (Lipinski definition) is 1. The highest BCUT2D eigenvalue weighted by Gasteiger charge is 2.41. The van der Waals surface area contributed by atoms with Gasteiger partial charge in [0.15, 0.2) is 0 Å². The van der Waals surface area contributed by atoms with Crippen LogP contribution in [-0.4, -0.2) is 18.5 Å². The molecule has 1 nitrogen and oxygen atoms in total. The van der Waals surface area contributed by atoms with Crippen LogP contribution in [0.1, 0.15) is 47.0 Å². The van der Waals surface area contributed by atoms with Crippen molar-refractivity contribution >= 4 is 0 Å². The Labute approximate surface area is 86.3 Å². The molecule has 3 heteroatoms. The van der Waals surface area contributed by atoms with Gasteiger partial charge in [0.05, 0.1) is 6.04 Å². The van der Waals surface area contributed by atoms with Crippen molar-refractivity contribution in [2.75, 3.05) is 6.54 Å². The summed E-state index contributed by atoms with van der Waals surface area (Å²) in [5.74, 6) is -2.50. The topological polar surface area (TPSA) is 12.0 Å². The predicted octanol–water partition coefficient (Wildman–Crippen LogP) is 3.45. The zero-order chi connectivity index (χ0) is 11.2. The van der Waals surface area contributed by atoms with Gasteiger partial charge in [0, 0.05) is 6.42 Å². The molecule has 86 valence electrons. The molecule has 1 saturated heterocycles. The van der Waals surface area contributed by atoms with E-state index in [1.807, 2.05) is 27.7 Å². The molecule has 1 aliphatic heterocycles. The van der Waals surface area contributed by atoms with E-state index in [0.29, 0.717) is 6.42 Å². The molecule has 1 rings (SSSR count). The molecule has 14 heavy (non-hydrogen) atoms. The molecule has 0 radical (unpaired) electrons. The van der Waals surface area contributed by atoms with E-state index in [-0.39, 0.29) is 12.3 Å². The summed E-state index contributed by atoms with van der Waals surface area (Å²) in [6, 6.07) is -0.625. The molecular weight excluding hydrogens is 184 g/mol. The van der Waals surface area contributed by atoms with Gasteiger partial charge < -0.3 is 5.32 Å². The molecule has 0 bridgehead atoms. The Morgan fingerprint density at radius 2 is 1.79 bits per heavy atom. The van der Waals surface area contributed by atoms with Crippen LogP contribution in [0.25, 0.3) is 0 Å². The van der Waals surface area contributed by atoms with Crippen LogP contribution in [0, 0.1) is 5.92 Å². The first-order valence-corrected chi connectivity index (χ1v) is 5.65. The van der Waals surface area contributed by atoms with Crippen molar-refractivity contribution in [3.63, 3.8) is 0 Å². The minimum atomic E-state index is -2.51. The maximum atomic E-state index is 13.3. The third-order valence-corrected chi connectivity index (χ3v) is 2.42. The highest BCUT2D eigenvalue weighted by Crippen LogP contribution is 2.31. The van der Waals surface area contributed by atoms with Gasteiger partial charge in [-0.25, -0.2) is 8.78 Å². The van der Waals surface area contributed by atoms with E-state index in [2.05, 4.69) is 5.32 Å². The summed E-state index contributed by atoms with van der Waals surface area (Å²) in [6.45, 7) is 8.42. The molecule has 1 heterocycles. The number of hydrogen-bond acceptors (Lipinski definition) is 1. The second-order valence-corrected chi connectivity index (χ2v) is 3.89. The smallest absolute Gasteiger partial charge is 0.263 e. The first-order chi connectivity index (χ1) is 6.54. The summed E-state index contributed by atoms with van der Waals surface area (Å²) in [6.07, 6.45) is 1.56. The largest absolute Gasteiger partial charge is 0.308 e. The third kappa shape index (κ3) is 3.91. The Hall–Kier alpha value is -0.180. The van der Waals surface area contributed by atoms with E-state index in [9.17, 15) is 8.78 Å². The van der Waals surface area contributed by atoms with E-state index in [1.165, 1.54) is 0 Å². The van der Waals surface area contributed by atoms with Crippen molar-refractivity contribution in [3.8, 4) is 0 Å². The van der Waals surface area contributed by atoms with Gasteiger partial charge >= 0.3 is 0 Å². The van der Waals surface area contributed by atoms with Crippen molar-refractivity contribution in [1.82, 2.24) is 5.32 Å². The molecule has 0 aromatic rings. The summed E-state index contributed by atoms with van der Waals surface area (Å²) in [7, 11) is 0. The Morgan fingerprint density at radius 3 is 2.29 bits per heavy atom. The molecule has 1 atom stereocenters. The second-order valence-electron chi connectivity index (χ2n) is 3.89. The Balaban J connectivity index is 0.000000791. The third-order valence-electron chi connectivity index (χ3n) is 2.42. The van der Waals surface area contributed by atoms with Crippen LogP contribution in [0.15, 0.2) is 0 Å². The minimum Gasteiger partial charge on any atom is -0.308 e. The van der Waals surface area contributed by atoms with E-state index < -0.39 is 12.0 Å². The Morgan fingerprint density at radius 1 is 1.21 bits per heavy atom. The molecule has 0 aromatic carbocycles. The lowest BCUT2D eigenvalue weighted by atomic mass is 9.96. The molecule has 0 amide bonds. The van der Waals surface area contributed by atoms with Gasteiger partial charge in [0.2, 0.25) is 0 Å². The van der Waals surface area contributed by atoms with Crippen molar-refractivity contribution < 1.29 is 8.78 Å². The lowest BCUT2D eigenvalue weighted by Crippen LogP contribution is -2.47. The van der Waals surface area contributed by atoms with Gasteiger partial charge in [0.25, 0.3) is 5.92 Å². The molecule has 1 unspecified atom stereocenters. The van der Waals surface area contributed by atoms with Gasteiger partial charge in [0.1, 0.15) is 0 Å². The van der Waals surface area contributed by atoms with Crippen LogP contribution in [0.4, 0.5) is 8.78 Å². The quantitative estimate of drug-likeness (QED) is 0.694. The fourth-order valence-electron chi connectivity index (χ4n) is 1.77. The van der Waals surface area contributed by atoms with Gasteiger partial charge in [-0.2, -0.15) is 0 Å². The van der Waals surface area contributed by atoms with Crippen LogP contribution < -0.4 is 5.32 Å². The molecule has 0 aliphatic carbocycles. The average molecular weight is 207 g/mol. The van der Waals surface area contributed by atoms with E-state index in [0.717, 1.165) is 13.0 Å². The van der Waals surface area contributed by atoms with Crippen molar-refractivity contribution in [1.29, 1.82) is 0 Å². The van der Waals surface area contributed by atoms with E-state index in [4.69, 9.17) is 0 Å². The zero-order valence-corrected chi connectivity index (χ0v) is 9.74. The molecule has 0 saturated carbocycles. The molecule has 0 spiro atoms. The second kappa shape index (κ2) is 6.33. The highest BCUT2D eigenvalue weighted by molar-refractivity contribution is 4.87. The molecule has 1 fully saturated rings. The van der Waals surface area contributed by atoms with Crippen molar-refractivity contribution in [2.24, 2.45) is 5.92 Å². The number of alkyl halides is 2. The van der Waals surface area contributed by atoms with Gasteiger partial charge in [-0.1, -0.05) is 27.7 Å². The van der Waals surface area contributed by atoms with Crippen LogP contribution in [0.5, 0.6) is 0 Å². The summed E-state index contributed by atoms with van der Waals surface area (Å²) in [5, 5.41) is 2.92. The normalized spacial score (nSPS) is 26.4. The van der Waals surface area contributed by atoms with Crippen LogP contribution in [0.3, 0.4) is 0 Å². The SMILES string of the molecule is CC.CC(C)C1NCCCCC1(F)F. The minimum absolute atomic E-state index is 0.0121. The van der Waals surface area contributed by atoms with Gasteiger partial charge in [-0.3, -0.25) is 0 Å². The predicted molar refractivity (Wildman–Crippen MR) is 56.8 cm³/mol. The first-order valence-electron chi connectivity index (χ1n) is 5.65. The molecule has 1 aliphatic rings. The first kappa shape index (κ1) is 13.8. The fraction of sp³-hybridized carbons (Fsp3) is 1.00. The van der Waals surface area contributed by atoms with Crippen LogP contribution >= 0.6 is 0 Å². The summed E-state index contributed by atoms with van der Waals surface area (Å²) in [4.78, 5) is 0. The highest BCUT2D eigenvalue weighted by atomic mass is 19.3. The lowest BCUT2D eigenvalue weighted by Gasteiger charge is -2.28. The molecular formula is C11H23F2N. The van der Waals surface area contributed by atoms with E-state index in [1.54, 1.807) is 0 Å². The van der Waals surface area contributed by atoms with Gasteiger partial charge in [-0.15, -0.1) is 0 Å². The summed E-state index contributed by atoms with van der Waals surface area (Å²) in [5.41, 5.74) is 0. The fourth-order valence-corrected chi connectivity index (χ4v) is 1.77. The molecule has 0 aromatic heterocycles. The van der Waals surface area contributed by atoms with Gasteiger partial charge in [-0.05, 0) is 25.3 Å². The average Bonchev–Trinajstić information content (AvgIpc) is 2.29. The van der Waals surface area contributed by atoms with Crippen LogP contribution in [-0.2, 0) is 0 Å². The summed E-state index contributed by atoms with van der Waals surface area (Å²) < 4.78 is 26.6.